The van der Waals surface area contributed by atoms with Crippen molar-refractivity contribution in [2.75, 3.05) is 11.4 Å². The van der Waals surface area contributed by atoms with Gasteiger partial charge in [-0.05, 0) is 41.5 Å². The number of anilines is 1. The minimum absolute atomic E-state index is 0.0169. The molecule has 0 saturated carbocycles. The molecule has 0 atom stereocenters. The van der Waals surface area contributed by atoms with Gasteiger partial charge in [-0.3, -0.25) is 0 Å². The summed E-state index contributed by atoms with van der Waals surface area (Å²) in [6.45, 7) is -1.19. The second kappa shape index (κ2) is 7.76. The van der Waals surface area contributed by atoms with E-state index in [1.807, 2.05) is 0 Å². The number of benzene rings is 2. The van der Waals surface area contributed by atoms with E-state index in [1.165, 1.54) is 36.4 Å². The minimum atomic E-state index is -4.42. The Balaban J connectivity index is 2.36. The van der Waals surface area contributed by atoms with E-state index in [0.29, 0.717) is 21.8 Å². The Bertz CT molecular complexity index is 766. The average Bonchev–Trinajstić information content (AvgIpc) is 2.53. The first-order chi connectivity index (χ1) is 11.7. The zero-order valence-electron chi connectivity index (χ0n) is 13.1. The van der Waals surface area contributed by atoms with Crippen LogP contribution in [0.2, 0.25) is 5.02 Å². The Labute approximate surface area is 147 Å². The highest BCUT2D eigenvalue weighted by Gasteiger charge is 2.31. The monoisotopic (exact) mass is 372 g/mol. The van der Waals surface area contributed by atoms with Crippen LogP contribution in [0.3, 0.4) is 0 Å². The molecule has 3 N–H and O–H groups in total. The van der Waals surface area contributed by atoms with Gasteiger partial charge in [-0.25, -0.2) is 4.79 Å². The van der Waals surface area contributed by atoms with Crippen LogP contribution >= 0.6 is 11.6 Å². The fourth-order valence-corrected chi connectivity index (χ4v) is 2.59. The third kappa shape index (κ3) is 5.37. The van der Waals surface area contributed by atoms with E-state index >= 15 is 0 Å². The van der Waals surface area contributed by atoms with Crippen LogP contribution in [-0.4, -0.2) is 23.8 Å². The van der Waals surface area contributed by atoms with Crippen molar-refractivity contribution < 1.29 is 23.1 Å². The lowest BCUT2D eigenvalue weighted by Crippen LogP contribution is -2.34. The molecule has 0 aliphatic rings. The number of rotatable bonds is 6. The summed E-state index contributed by atoms with van der Waals surface area (Å²) < 4.78 is 38.9. The van der Waals surface area contributed by atoms with E-state index in [9.17, 15) is 18.0 Å². The molecule has 0 heterocycles. The van der Waals surface area contributed by atoms with Gasteiger partial charge in [0.05, 0.1) is 5.56 Å². The zero-order chi connectivity index (χ0) is 18.6. The molecular weight excluding hydrogens is 357 g/mol. The fraction of sp³-hybridized carbons (Fsp3) is 0.235. The number of aromatic carboxylic acids is 1. The highest BCUT2D eigenvalue weighted by molar-refractivity contribution is 6.31. The summed E-state index contributed by atoms with van der Waals surface area (Å²) in [5, 5.41) is 9.40. The molecule has 0 saturated heterocycles. The third-order valence-electron chi connectivity index (χ3n) is 3.53. The average molecular weight is 373 g/mol. The Morgan fingerprint density at radius 2 is 1.92 bits per heavy atom. The van der Waals surface area contributed by atoms with Gasteiger partial charge in [0.25, 0.3) is 0 Å². The predicted molar refractivity (Wildman–Crippen MR) is 89.8 cm³/mol. The highest BCUT2D eigenvalue weighted by Crippen LogP contribution is 2.28. The Kier molecular flexibility index (Phi) is 5.92. The zero-order valence-corrected chi connectivity index (χ0v) is 13.8. The number of carbonyl (C=O) groups is 1. The Morgan fingerprint density at radius 3 is 2.52 bits per heavy atom. The molecule has 0 aliphatic heterocycles. The van der Waals surface area contributed by atoms with Crippen LogP contribution in [0.15, 0.2) is 42.5 Å². The second-order valence-electron chi connectivity index (χ2n) is 5.46. The van der Waals surface area contributed by atoms with Crippen LogP contribution < -0.4 is 10.6 Å². The minimum Gasteiger partial charge on any atom is -0.478 e. The lowest BCUT2D eigenvalue weighted by molar-refractivity contribution is -0.119. The lowest BCUT2D eigenvalue weighted by Gasteiger charge is -2.27. The number of carboxylic acid groups (broad SMARTS) is 1. The van der Waals surface area contributed by atoms with E-state index in [1.54, 1.807) is 6.07 Å². The quantitative estimate of drug-likeness (QED) is 0.802. The van der Waals surface area contributed by atoms with Crippen molar-refractivity contribution in [3.63, 3.8) is 0 Å². The van der Waals surface area contributed by atoms with E-state index in [0.717, 1.165) is 4.90 Å². The van der Waals surface area contributed by atoms with Crippen LogP contribution in [0.4, 0.5) is 18.9 Å². The van der Waals surface area contributed by atoms with Gasteiger partial charge in [-0.1, -0.05) is 23.7 Å². The maximum Gasteiger partial charge on any atom is 0.405 e. The van der Waals surface area contributed by atoms with Crippen molar-refractivity contribution in [2.45, 2.75) is 19.3 Å². The Morgan fingerprint density at radius 1 is 1.20 bits per heavy atom. The summed E-state index contributed by atoms with van der Waals surface area (Å²) in [7, 11) is 0. The standard InChI is InChI=1S/C17H16ClF3N2O2/c18-15-5-4-14(7-13(15)8-22)23(10-17(19,20)21)9-11-2-1-3-12(6-11)16(24)25/h1-7H,8-10,22H2,(H,24,25). The van der Waals surface area contributed by atoms with Gasteiger partial charge in [0.2, 0.25) is 0 Å². The summed E-state index contributed by atoms with van der Waals surface area (Å²) in [4.78, 5) is 12.1. The van der Waals surface area contributed by atoms with Crippen LogP contribution in [0.25, 0.3) is 0 Å². The van der Waals surface area contributed by atoms with Crippen LogP contribution in [0.1, 0.15) is 21.5 Å². The van der Waals surface area contributed by atoms with Crippen LogP contribution in [0.5, 0.6) is 0 Å². The van der Waals surface area contributed by atoms with Crippen LogP contribution in [0, 0.1) is 0 Å². The number of nitrogens with zero attached hydrogens (tertiary/aromatic N) is 1. The molecule has 0 unspecified atom stereocenters. The first-order valence-electron chi connectivity index (χ1n) is 7.32. The highest BCUT2D eigenvalue weighted by atomic mass is 35.5. The van der Waals surface area contributed by atoms with Gasteiger partial charge >= 0.3 is 12.1 Å². The van der Waals surface area contributed by atoms with Gasteiger partial charge in [0.15, 0.2) is 0 Å². The van der Waals surface area contributed by atoms with Crippen molar-refractivity contribution in [2.24, 2.45) is 5.73 Å². The van der Waals surface area contributed by atoms with Crippen molar-refractivity contribution in [3.05, 3.63) is 64.2 Å². The molecule has 2 aromatic carbocycles. The summed E-state index contributed by atoms with van der Waals surface area (Å²) >= 11 is 5.96. The van der Waals surface area contributed by atoms with Gasteiger partial charge in [0.1, 0.15) is 6.54 Å². The largest absolute Gasteiger partial charge is 0.478 e. The summed E-state index contributed by atoms with van der Waals surface area (Å²) in [5.74, 6) is -1.14. The SMILES string of the molecule is NCc1cc(N(Cc2cccc(C(=O)O)c2)CC(F)(F)F)ccc1Cl. The Hall–Kier alpha value is -2.25. The van der Waals surface area contributed by atoms with Crippen molar-refractivity contribution in [1.82, 2.24) is 0 Å². The third-order valence-corrected chi connectivity index (χ3v) is 3.90. The number of halogens is 4. The molecule has 0 radical (unpaired) electrons. The smallest absolute Gasteiger partial charge is 0.405 e. The molecule has 0 fully saturated rings. The summed E-state index contributed by atoms with van der Waals surface area (Å²) in [6, 6.07) is 10.3. The molecule has 2 rings (SSSR count). The van der Waals surface area contributed by atoms with Crippen molar-refractivity contribution >= 4 is 23.3 Å². The predicted octanol–water partition coefficient (Wildman–Crippen LogP) is 4.07. The number of hydrogen-bond donors (Lipinski definition) is 2. The number of alkyl halides is 3. The molecule has 0 amide bonds. The fourth-order valence-electron chi connectivity index (χ4n) is 2.39. The molecule has 0 aromatic heterocycles. The van der Waals surface area contributed by atoms with Gasteiger partial charge in [0, 0.05) is 23.8 Å². The van der Waals surface area contributed by atoms with E-state index in [-0.39, 0.29) is 18.7 Å². The van der Waals surface area contributed by atoms with Crippen molar-refractivity contribution in [3.8, 4) is 0 Å². The van der Waals surface area contributed by atoms with Gasteiger partial charge in [-0.15, -0.1) is 0 Å². The molecule has 25 heavy (non-hydrogen) atoms. The van der Waals surface area contributed by atoms with Gasteiger partial charge < -0.3 is 15.7 Å². The lowest BCUT2D eigenvalue weighted by atomic mass is 10.1. The first kappa shape index (κ1) is 19.1. The number of carboxylic acids is 1. The maximum atomic E-state index is 13.0. The normalized spacial score (nSPS) is 11.4. The molecule has 4 nitrogen and oxygen atoms in total. The first-order valence-corrected chi connectivity index (χ1v) is 7.70. The van der Waals surface area contributed by atoms with Crippen molar-refractivity contribution in [1.29, 1.82) is 0 Å². The van der Waals surface area contributed by atoms with Crippen LogP contribution in [-0.2, 0) is 13.1 Å². The molecule has 2 aromatic rings. The second-order valence-corrected chi connectivity index (χ2v) is 5.86. The summed E-state index contributed by atoms with van der Waals surface area (Å²) in [6.07, 6.45) is -4.42. The van der Waals surface area contributed by atoms with Gasteiger partial charge in [-0.2, -0.15) is 13.2 Å². The maximum absolute atomic E-state index is 13.0. The molecule has 0 spiro atoms. The topological polar surface area (TPSA) is 66.6 Å². The molecule has 134 valence electrons. The summed E-state index contributed by atoms with van der Waals surface area (Å²) in [5.41, 5.74) is 6.87. The van der Waals surface area contributed by atoms with E-state index < -0.39 is 18.7 Å². The molecule has 8 heteroatoms. The molecular formula is C17H16ClF3N2O2. The molecule has 0 aliphatic carbocycles. The molecule has 0 bridgehead atoms. The van der Waals surface area contributed by atoms with E-state index in [4.69, 9.17) is 22.4 Å². The number of nitrogens with two attached hydrogens (primary N) is 1. The number of hydrogen-bond acceptors (Lipinski definition) is 3. The van der Waals surface area contributed by atoms with E-state index in [2.05, 4.69) is 0 Å².